The smallest absolute Gasteiger partial charge is 0.226 e. The highest BCUT2D eigenvalue weighted by atomic mass is 35.5. The fraction of sp³-hybridized carbons (Fsp3) is 0.167. The van der Waals surface area contributed by atoms with Gasteiger partial charge in [0.1, 0.15) is 5.01 Å². The Balaban J connectivity index is 1.49. The minimum atomic E-state index is -0.0277. The molecule has 1 aromatic carbocycles. The predicted octanol–water partition coefficient (Wildman–Crippen LogP) is 3.76. The van der Waals surface area contributed by atoms with Gasteiger partial charge < -0.3 is 5.32 Å². The molecule has 0 unspecified atom stereocenters. The van der Waals surface area contributed by atoms with E-state index in [1.165, 1.54) is 11.3 Å². The molecule has 4 nitrogen and oxygen atoms in total. The van der Waals surface area contributed by atoms with Crippen molar-refractivity contribution in [3.8, 4) is 10.6 Å². The van der Waals surface area contributed by atoms with Crippen LogP contribution in [0.4, 0.5) is 0 Å². The summed E-state index contributed by atoms with van der Waals surface area (Å²) in [6.07, 6.45) is 4.54. The fourth-order valence-electron chi connectivity index (χ4n) is 2.28. The van der Waals surface area contributed by atoms with Crippen LogP contribution in [0.25, 0.3) is 10.6 Å². The van der Waals surface area contributed by atoms with E-state index in [0.717, 1.165) is 28.2 Å². The van der Waals surface area contributed by atoms with Gasteiger partial charge in [0.05, 0.1) is 12.1 Å². The molecule has 0 saturated carbocycles. The molecule has 0 fully saturated rings. The molecule has 0 radical (unpaired) electrons. The van der Waals surface area contributed by atoms with E-state index < -0.39 is 0 Å². The Hall–Kier alpha value is -2.24. The molecular weight excluding hydrogens is 342 g/mol. The monoisotopic (exact) mass is 357 g/mol. The van der Waals surface area contributed by atoms with Gasteiger partial charge in [-0.15, -0.1) is 11.3 Å². The lowest BCUT2D eigenvalue weighted by atomic mass is 10.1. The van der Waals surface area contributed by atoms with Crippen LogP contribution in [-0.2, 0) is 17.6 Å². The lowest BCUT2D eigenvalue weighted by molar-refractivity contribution is -0.120. The minimum Gasteiger partial charge on any atom is -0.355 e. The van der Waals surface area contributed by atoms with E-state index in [2.05, 4.69) is 15.3 Å². The molecule has 0 bridgehead atoms. The van der Waals surface area contributed by atoms with E-state index >= 15 is 0 Å². The largest absolute Gasteiger partial charge is 0.355 e. The molecule has 1 N–H and O–H groups in total. The number of rotatable bonds is 6. The number of hydrogen-bond donors (Lipinski definition) is 1. The van der Waals surface area contributed by atoms with Crippen molar-refractivity contribution in [1.82, 2.24) is 15.3 Å². The van der Waals surface area contributed by atoms with Crippen LogP contribution in [0.1, 0.15) is 11.3 Å². The van der Waals surface area contributed by atoms with Crippen molar-refractivity contribution < 1.29 is 4.79 Å². The summed E-state index contributed by atoms with van der Waals surface area (Å²) in [5.41, 5.74) is 2.85. The average Bonchev–Trinajstić information content (AvgIpc) is 3.04. The maximum Gasteiger partial charge on any atom is 0.226 e. The first-order valence-electron chi connectivity index (χ1n) is 7.56. The molecule has 0 spiro atoms. The summed E-state index contributed by atoms with van der Waals surface area (Å²) in [5, 5.41) is 6.43. The Morgan fingerprint density at radius 2 is 2.17 bits per heavy atom. The summed E-state index contributed by atoms with van der Waals surface area (Å²) >= 11 is 7.47. The zero-order valence-electron chi connectivity index (χ0n) is 12.9. The van der Waals surface area contributed by atoms with Gasteiger partial charge in [0.25, 0.3) is 0 Å². The van der Waals surface area contributed by atoms with Gasteiger partial charge in [0.15, 0.2) is 0 Å². The number of benzene rings is 1. The molecule has 3 rings (SSSR count). The molecule has 122 valence electrons. The molecule has 6 heteroatoms. The molecule has 0 atom stereocenters. The first kappa shape index (κ1) is 16.6. The number of amides is 1. The van der Waals surface area contributed by atoms with E-state index in [9.17, 15) is 4.79 Å². The molecular formula is C18H16ClN3OS. The fourth-order valence-corrected chi connectivity index (χ4v) is 3.30. The summed E-state index contributed by atoms with van der Waals surface area (Å²) < 4.78 is 0. The number of aromatic nitrogens is 2. The van der Waals surface area contributed by atoms with E-state index in [-0.39, 0.29) is 12.3 Å². The summed E-state index contributed by atoms with van der Waals surface area (Å²) in [4.78, 5) is 20.6. The number of nitrogens with one attached hydrogen (secondary N) is 1. The zero-order chi connectivity index (χ0) is 16.8. The van der Waals surface area contributed by atoms with Crippen LogP contribution in [0.2, 0.25) is 5.02 Å². The number of carbonyl (C=O) groups excluding carboxylic acids is 1. The van der Waals surface area contributed by atoms with Gasteiger partial charge in [0, 0.05) is 34.9 Å². The number of carbonyl (C=O) groups is 1. The van der Waals surface area contributed by atoms with Crippen LogP contribution in [0.5, 0.6) is 0 Å². The van der Waals surface area contributed by atoms with Gasteiger partial charge in [-0.3, -0.25) is 9.78 Å². The second kappa shape index (κ2) is 8.04. The molecule has 2 heterocycles. The Morgan fingerprint density at radius 3 is 2.96 bits per heavy atom. The van der Waals surface area contributed by atoms with Crippen molar-refractivity contribution >= 4 is 28.8 Å². The zero-order valence-corrected chi connectivity index (χ0v) is 14.5. The van der Waals surface area contributed by atoms with Gasteiger partial charge >= 0.3 is 0 Å². The Morgan fingerprint density at radius 1 is 1.25 bits per heavy atom. The van der Waals surface area contributed by atoms with Crippen LogP contribution in [0, 0.1) is 0 Å². The highest BCUT2D eigenvalue weighted by Crippen LogP contribution is 2.22. The second-order valence-corrected chi connectivity index (χ2v) is 6.59. The second-order valence-electron chi connectivity index (χ2n) is 5.29. The van der Waals surface area contributed by atoms with Crippen LogP contribution < -0.4 is 5.32 Å². The minimum absolute atomic E-state index is 0.0277. The Labute approximate surface area is 149 Å². The lowest BCUT2D eigenvalue weighted by Crippen LogP contribution is -2.27. The summed E-state index contributed by atoms with van der Waals surface area (Å²) in [6, 6.07) is 11.5. The molecule has 0 aliphatic heterocycles. The van der Waals surface area contributed by atoms with E-state index in [1.807, 2.05) is 41.8 Å². The van der Waals surface area contributed by atoms with Crippen molar-refractivity contribution in [1.29, 1.82) is 0 Å². The first-order chi connectivity index (χ1) is 11.7. The maximum atomic E-state index is 12.0. The Kier molecular flexibility index (Phi) is 5.56. The molecule has 2 aromatic heterocycles. The normalized spacial score (nSPS) is 10.5. The van der Waals surface area contributed by atoms with Gasteiger partial charge in [-0.25, -0.2) is 4.98 Å². The van der Waals surface area contributed by atoms with Crippen molar-refractivity contribution in [2.75, 3.05) is 6.54 Å². The van der Waals surface area contributed by atoms with Crippen molar-refractivity contribution in [3.63, 3.8) is 0 Å². The van der Waals surface area contributed by atoms with Crippen LogP contribution in [0.3, 0.4) is 0 Å². The Bertz CT molecular complexity index is 820. The van der Waals surface area contributed by atoms with Crippen LogP contribution in [0.15, 0.2) is 54.2 Å². The summed E-state index contributed by atoms with van der Waals surface area (Å²) in [6.45, 7) is 0.582. The third-order valence-electron chi connectivity index (χ3n) is 3.43. The third kappa shape index (κ3) is 4.63. The molecule has 24 heavy (non-hydrogen) atoms. The standard InChI is InChI=1S/C18H16ClN3OS/c19-15-5-1-3-13(9-15)6-8-21-17(23)10-16-12-24-18(22-16)14-4-2-7-20-11-14/h1-5,7,9,11-12H,6,8,10H2,(H,21,23). The van der Waals surface area contributed by atoms with Crippen LogP contribution in [-0.4, -0.2) is 22.4 Å². The van der Waals surface area contributed by atoms with Gasteiger partial charge in [-0.05, 0) is 36.2 Å². The van der Waals surface area contributed by atoms with E-state index in [0.29, 0.717) is 11.6 Å². The third-order valence-corrected chi connectivity index (χ3v) is 4.60. The molecule has 0 aliphatic carbocycles. The molecule has 0 aliphatic rings. The maximum absolute atomic E-state index is 12.0. The van der Waals surface area contributed by atoms with Gasteiger partial charge in [-0.1, -0.05) is 23.7 Å². The first-order valence-corrected chi connectivity index (χ1v) is 8.82. The van der Waals surface area contributed by atoms with Crippen molar-refractivity contribution in [2.45, 2.75) is 12.8 Å². The molecule has 0 saturated heterocycles. The quantitative estimate of drug-likeness (QED) is 0.730. The highest BCUT2D eigenvalue weighted by molar-refractivity contribution is 7.13. The van der Waals surface area contributed by atoms with Gasteiger partial charge in [-0.2, -0.15) is 0 Å². The number of halogens is 1. The van der Waals surface area contributed by atoms with E-state index in [1.54, 1.807) is 12.4 Å². The lowest BCUT2D eigenvalue weighted by Gasteiger charge is -2.04. The summed E-state index contributed by atoms with van der Waals surface area (Å²) in [5.74, 6) is -0.0277. The summed E-state index contributed by atoms with van der Waals surface area (Å²) in [7, 11) is 0. The number of thiazole rings is 1. The SMILES string of the molecule is O=C(Cc1csc(-c2cccnc2)n1)NCCc1cccc(Cl)c1. The van der Waals surface area contributed by atoms with Crippen LogP contribution >= 0.6 is 22.9 Å². The van der Waals surface area contributed by atoms with Crippen molar-refractivity contribution in [2.24, 2.45) is 0 Å². The number of hydrogen-bond acceptors (Lipinski definition) is 4. The van der Waals surface area contributed by atoms with E-state index in [4.69, 9.17) is 11.6 Å². The van der Waals surface area contributed by atoms with Gasteiger partial charge in [0.2, 0.25) is 5.91 Å². The number of nitrogens with zero attached hydrogens (tertiary/aromatic N) is 2. The predicted molar refractivity (Wildman–Crippen MR) is 97.2 cm³/mol. The average molecular weight is 358 g/mol. The topological polar surface area (TPSA) is 54.9 Å². The number of pyridine rings is 1. The van der Waals surface area contributed by atoms with Crippen molar-refractivity contribution in [3.05, 3.63) is 70.5 Å². The molecule has 3 aromatic rings. The molecule has 1 amide bonds. The highest BCUT2D eigenvalue weighted by Gasteiger charge is 2.09.